The van der Waals surface area contributed by atoms with E-state index in [0.717, 1.165) is 0 Å². The second-order valence-corrected chi connectivity index (χ2v) is 4.39. The molecular weight excluding hydrogens is 277 g/mol. The van der Waals surface area contributed by atoms with Gasteiger partial charge in [0, 0.05) is 5.56 Å². The summed E-state index contributed by atoms with van der Waals surface area (Å²) in [6.07, 6.45) is 1.43. The van der Waals surface area contributed by atoms with E-state index in [1.54, 1.807) is 6.92 Å². The second kappa shape index (κ2) is 4.88. The van der Waals surface area contributed by atoms with Crippen molar-refractivity contribution in [3.63, 3.8) is 0 Å². The van der Waals surface area contributed by atoms with Crippen molar-refractivity contribution in [2.24, 2.45) is 0 Å². The van der Waals surface area contributed by atoms with Gasteiger partial charge in [0.05, 0.1) is 21.4 Å². The van der Waals surface area contributed by atoms with Crippen molar-refractivity contribution in [2.75, 3.05) is 11.1 Å². The van der Waals surface area contributed by atoms with Crippen LogP contribution >= 0.6 is 23.2 Å². The van der Waals surface area contributed by atoms with Crippen LogP contribution in [-0.4, -0.2) is 10.9 Å². The minimum Gasteiger partial charge on any atom is -0.432 e. The van der Waals surface area contributed by atoms with Gasteiger partial charge in [0.15, 0.2) is 0 Å². The first kappa shape index (κ1) is 12.7. The number of benzene rings is 1. The van der Waals surface area contributed by atoms with E-state index in [1.807, 2.05) is 0 Å². The largest absolute Gasteiger partial charge is 0.432 e. The molecule has 1 heterocycles. The Morgan fingerprint density at radius 3 is 2.72 bits per heavy atom. The molecule has 1 amide bonds. The summed E-state index contributed by atoms with van der Waals surface area (Å²) in [4.78, 5) is 15.8. The van der Waals surface area contributed by atoms with Crippen molar-refractivity contribution in [3.05, 3.63) is 39.7 Å². The monoisotopic (exact) mass is 285 g/mol. The molecule has 94 valence electrons. The first-order valence-corrected chi connectivity index (χ1v) is 5.71. The quantitative estimate of drug-likeness (QED) is 0.831. The molecule has 0 aliphatic rings. The van der Waals surface area contributed by atoms with Gasteiger partial charge in [-0.25, -0.2) is 0 Å². The van der Waals surface area contributed by atoms with Crippen LogP contribution in [0.2, 0.25) is 10.0 Å². The average Bonchev–Trinajstić information content (AvgIpc) is 2.71. The summed E-state index contributed by atoms with van der Waals surface area (Å²) in [5.74, 6) is -0.429. The van der Waals surface area contributed by atoms with Crippen LogP contribution in [0.4, 0.5) is 11.7 Å². The minimum absolute atomic E-state index is 0.113. The van der Waals surface area contributed by atoms with E-state index < -0.39 is 5.91 Å². The first-order chi connectivity index (χ1) is 8.47. The number of nitrogens with zero attached hydrogens (tertiary/aromatic N) is 1. The molecular formula is C11H9Cl2N3O2. The fraction of sp³-hybridized carbons (Fsp3) is 0.0909. The van der Waals surface area contributed by atoms with Crippen molar-refractivity contribution < 1.29 is 9.21 Å². The maximum absolute atomic E-state index is 11.9. The van der Waals surface area contributed by atoms with E-state index in [2.05, 4.69) is 10.3 Å². The highest BCUT2D eigenvalue weighted by molar-refractivity contribution is 6.43. The number of halogens is 2. The minimum atomic E-state index is -0.429. The molecule has 2 aromatic rings. The molecule has 0 aliphatic carbocycles. The van der Waals surface area contributed by atoms with E-state index in [-0.39, 0.29) is 27.3 Å². The number of aryl methyl sites for hydroxylation is 1. The Labute approximate surface area is 113 Å². The zero-order chi connectivity index (χ0) is 13.3. The molecule has 1 aromatic heterocycles. The highest BCUT2D eigenvalue weighted by Gasteiger charge is 2.13. The second-order valence-electron chi connectivity index (χ2n) is 3.61. The number of nitrogen functional groups attached to an aromatic ring is 1. The number of nitrogens with two attached hydrogens (primary N) is 1. The van der Waals surface area contributed by atoms with Gasteiger partial charge in [0.2, 0.25) is 0 Å². The van der Waals surface area contributed by atoms with Crippen LogP contribution in [0.3, 0.4) is 0 Å². The molecule has 0 bridgehead atoms. The zero-order valence-electron chi connectivity index (χ0n) is 9.33. The van der Waals surface area contributed by atoms with Crippen molar-refractivity contribution >= 4 is 40.8 Å². The summed E-state index contributed by atoms with van der Waals surface area (Å²) in [5.41, 5.74) is 6.80. The Hall–Kier alpha value is -1.72. The van der Waals surface area contributed by atoms with Gasteiger partial charge in [-0.15, -0.1) is 0 Å². The number of carbonyl (C=O) groups is 1. The third-order valence-corrected chi connectivity index (χ3v) is 2.97. The predicted molar refractivity (Wildman–Crippen MR) is 70.1 cm³/mol. The Morgan fingerprint density at radius 2 is 2.17 bits per heavy atom. The third kappa shape index (κ3) is 2.57. The fourth-order valence-corrected chi connectivity index (χ4v) is 1.66. The van der Waals surface area contributed by atoms with Gasteiger partial charge in [-0.05, 0) is 19.1 Å². The van der Waals surface area contributed by atoms with E-state index >= 15 is 0 Å². The Balaban J connectivity index is 2.24. The van der Waals surface area contributed by atoms with Crippen LogP contribution in [0.25, 0.3) is 0 Å². The highest BCUT2D eigenvalue weighted by atomic mass is 35.5. The number of anilines is 2. The first-order valence-electron chi connectivity index (χ1n) is 4.95. The normalized spacial score (nSPS) is 10.4. The summed E-state index contributed by atoms with van der Waals surface area (Å²) in [5, 5.41) is 2.91. The number of rotatable bonds is 2. The summed E-state index contributed by atoms with van der Waals surface area (Å²) in [7, 11) is 0. The van der Waals surface area contributed by atoms with Crippen molar-refractivity contribution in [3.8, 4) is 0 Å². The highest BCUT2D eigenvalue weighted by Crippen LogP contribution is 2.29. The third-order valence-electron chi connectivity index (χ3n) is 2.16. The van der Waals surface area contributed by atoms with Crippen molar-refractivity contribution in [1.82, 2.24) is 4.98 Å². The average molecular weight is 286 g/mol. The molecule has 0 spiro atoms. The summed E-state index contributed by atoms with van der Waals surface area (Å²) >= 11 is 11.6. The predicted octanol–water partition coefficient (Wildman–Crippen LogP) is 3.12. The van der Waals surface area contributed by atoms with Crippen LogP contribution in [0.1, 0.15) is 16.1 Å². The standard InChI is InChI=1S/C11H9Cl2N3O2/c1-5-4-18-11(15-5)16-10(17)6-2-7(12)9(13)8(14)3-6/h2-4H,14H2,1H3,(H,15,16,17). The number of carbonyl (C=O) groups excluding carboxylic acids is 1. The number of hydrogen-bond donors (Lipinski definition) is 2. The number of aromatic nitrogens is 1. The molecule has 0 unspecified atom stereocenters. The molecule has 2 rings (SSSR count). The van der Waals surface area contributed by atoms with Gasteiger partial charge in [0.25, 0.3) is 5.91 Å². The zero-order valence-corrected chi connectivity index (χ0v) is 10.8. The molecule has 7 heteroatoms. The van der Waals surface area contributed by atoms with Gasteiger partial charge >= 0.3 is 6.01 Å². The SMILES string of the molecule is Cc1coc(NC(=O)c2cc(N)c(Cl)c(Cl)c2)n1. The van der Waals surface area contributed by atoms with Crippen LogP contribution in [0.15, 0.2) is 22.8 Å². The van der Waals surface area contributed by atoms with Gasteiger partial charge in [0.1, 0.15) is 6.26 Å². The lowest BCUT2D eigenvalue weighted by molar-refractivity contribution is 0.102. The van der Waals surface area contributed by atoms with E-state index in [9.17, 15) is 4.79 Å². The Kier molecular flexibility index (Phi) is 3.45. The summed E-state index contributed by atoms with van der Waals surface area (Å²) in [6.45, 7) is 1.75. The Bertz CT molecular complexity index is 587. The smallest absolute Gasteiger partial charge is 0.301 e. The molecule has 0 aliphatic heterocycles. The molecule has 5 nitrogen and oxygen atoms in total. The van der Waals surface area contributed by atoms with Crippen LogP contribution in [-0.2, 0) is 0 Å². The number of amides is 1. The summed E-state index contributed by atoms with van der Waals surface area (Å²) in [6, 6.07) is 2.97. The van der Waals surface area contributed by atoms with Gasteiger partial charge in [-0.3, -0.25) is 10.1 Å². The van der Waals surface area contributed by atoms with Gasteiger partial charge in [-0.1, -0.05) is 23.2 Å². The molecule has 1 aromatic carbocycles. The molecule has 3 N–H and O–H groups in total. The summed E-state index contributed by atoms with van der Waals surface area (Å²) < 4.78 is 5.01. The maximum Gasteiger partial charge on any atom is 0.301 e. The molecule has 0 radical (unpaired) electrons. The molecule has 0 atom stereocenters. The molecule has 0 saturated carbocycles. The number of nitrogens with one attached hydrogen (secondary N) is 1. The topological polar surface area (TPSA) is 81.2 Å². The lowest BCUT2D eigenvalue weighted by Gasteiger charge is -2.05. The fourth-order valence-electron chi connectivity index (χ4n) is 1.32. The van der Waals surface area contributed by atoms with Crippen molar-refractivity contribution in [2.45, 2.75) is 6.92 Å². The maximum atomic E-state index is 11.9. The van der Waals surface area contributed by atoms with Crippen molar-refractivity contribution in [1.29, 1.82) is 0 Å². The van der Waals surface area contributed by atoms with Gasteiger partial charge in [-0.2, -0.15) is 4.98 Å². The van der Waals surface area contributed by atoms with E-state index in [4.69, 9.17) is 33.4 Å². The van der Waals surface area contributed by atoms with E-state index in [1.165, 1.54) is 18.4 Å². The van der Waals surface area contributed by atoms with Crippen LogP contribution in [0, 0.1) is 6.92 Å². The molecule has 0 saturated heterocycles. The lowest BCUT2D eigenvalue weighted by atomic mass is 10.2. The molecule has 18 heavy (non-hydrogen) atoms. The lowest BCUT2D eigenvalue weighted by Crippen LogP contribution is -2.12. The number of hydrogen-bond acceptors (Lipinski definition) is 4. The van der Waals surface area contributed by atoms with Gasteiger partial charge < -0.3 is 10.2 Å². The van der Waals surface area contributed by atoms with Crippen LogP contribution < -0.4 is 11.1 Å². The van der Waals surface area contributed by atoms with Crippen LogP contribution in [0.5, 0.6) is 0 Å². The Morgan fingerprint density at radius 1 is 1.44 bits per heavy atom. The number of oxazole rings is 1. The molecule has 0 fully saturated rings. The van der Waals surface area contributed by atoms with E-state index in [0.29, 0.717) is 5.69 Å².